The molecule has 2 aromatic carbocycles. The largest absolute Gasteiger partial charge is 0.497 e. The van der Waals surface area contributed by atoms with Gasteiger partial charge in [0.05, 0.1) is 13.7 Å². The van der Waals surface area contributed by atoms with E-state index in [2.05, 4.69) is 0 Å². The van der Waals surface area contributed by atoms with E-state index in [1.54, 1.807) is 11.7 Å². The van der Waals surface area contributed by atoms with E-state index in [-0.39, 0.29) is 5.56 Å². The van der Waals surface area contributed by atoms with Gasteiger partial charge in [0.25, 0.3) is 5.56 Å². The maximum atomic E-state index is 12.5. The molecule has 3 aromatic rings. The second-order valence-corrected chi connectivity index (χ2v) is 5.79. The third-order valence-electron chi connectivity index (χ3n) is 3.99. The van der Waals surface area contributed by atoms with E-state index >= 15 is 0 Å². The van der Waals surface area contributed by atoms with Crippen molar-refractivity contribution in [3.05, 3.63) is 70.6 Å². The standard InChI is InChI=1S/C20H21NO3/c1-15-5-3-6-18(13-15)24-12-4-10-21-11-9-16-14-17(23-2)7-8-19(16)20(21)22/h3,5-9,11,13-14H,4,10,12H2,1-2H3. The Bertz CT molecular complexity index is 899. The summed E-state index contributed by atoms with van der Waals surface area (Å²) in [6.45, 7) is 3.25. The molecule has 0 amide bonds. The molecule has 0 saturated carbocycles. The van der Waals surface area contributed by atoms with Crippen molar-refractivity contribution in [2.24, 2.45) is 0 Å². The Morgan fingerprint density at radius 3 is 2.71 bits per heavy atom. The van der Waals surface area contributed by atoms with Gasteiger partial charge in [-0.2, -0.15) is 0 Å². The van der Waals surface area contributed by atoms with Gasteiger partial charge in [0.15, 0.2) is 0 Å². The van der Waals surface area contributed by atoms with Crippen LogP contribution in [0.25, 0.3) is 10.8 Å². The second kappa shape index (κ2) is 7.21. The summed E-state index contributed by atoms with van der Waals surface area (Å²) in [5.41, 5.74) is 1.19. The molecule has 0 unspecified atom stereocenters. The Labute approximate surface area is 141 Å². The fraction of sp³-hybridized carbons (Fsp3) is 0.250. The smallest absolute Gasteiger partial charge is 0.258 e. The summed E-state index contributed by atoms with van der Waals surface area (Å²) in [4.78, 5) is 12.5. The highest BCUT2D eigenvalue weighted by Crippen LogP contribution is 2.18. The fourth-order valence-corrected chi connectivity index (χ4v) is 2.70. The monoisotopic (exact) mass is 323 g/mol. The number of fused-ring (bicyclic) bond motifs is 1. The highest BCUT2D eigenvalue weighted by molar-refractivity contribution is 5.82. The van der Waals surface area contributed by atoms with Crippen molar-refractivity contribution in [1.29, 1.82) is 0 Å². The average Bonchev–Trinajstić information content (AvgIpc) is 2.60. The van der Waals surface area contributed by atoms with Gasteiger partial charge in [-0.3, -0.25) is 4.79 Å². The number of hydrogen-bond donors (Lipinski definition) is 0. The first kappa shape index (κ1) is 16.1. The lowest BCUT2D eigenvalue weighted by Crippen LogP contribution is -2.20. The van der Waals surface area contributed by atoms with Crippen molar-refractivity contribution in [2.75, 3.05) is 13.7 Å². The fourth-order valence-electron chi connectivity index (χ4n) is 2.70. The molecule has 0 fully saturated rings. The topological polar surface area (TPSA) is 40.5 Å². The van der Waals surface area contributed by atoms with Crippen LogP contribution in [0.1, 0.15) is 12.0 Å². The molecule has 124 valence electrons. The molecule has 0 aliphatic carbocycles. The molecule has 1 heterocycles. The molecule has 0 spiro atoms. The van der Waals surface area contributed by atoms with Crippen LogP contribution in [0.3, 0.4) is 0 Å². The van der Waals surface area contributed by atoms with E-state index in [1.807, 2.05) is 61.7 Å². The highest BCUT2D eigenvalue weighted by atomic mass is 16.5. The van der Waals surface area contributed by atoms with Crippen molar-refractivity contribution >= 4 is 10.8 Å². The molecule has 24 heavy (non-hydrogen) atoms. The van der Waals surface area contributed by atoms with E-state index in [4.69, 9.17) is 9.47 Å². The SMILES string of the molecule is COc1ccc2c(=O)n(CCCOc3cccc(C)c3)ccc2c1. The maximum absolute atomic E-state index is 12.5. The van der Waals surface area contributed by atoms with E-state index in [0.717, 1.165) is 23.3 Å². The summed E-state index contributed by atoms with van der Waals surface area (Å²) in [6.07, 6.45) is 2.60. The van der Waals surface area contributed by atoms with Crippen LogP contribution in [0.4, 0.5) is 0 Å². The quantitative estimate of drug-likeness (QED) is 0.648. The van der Waals surface area contributed by atoms with Crippen LogP contribution in [0.5, 0.6) is 11.5 Å². The van der Waals surface area contributed by atoms with Crippen LogP contribution < -0.4 is 15.0 Å². The molecular weight excluding hydrogens is 302 g/mol. The predicted molar refractivity (Wildman–Crippen MR) is 96.1 cm³/mol. The zero-order valence-corrected chi connectivity index (χ0v) is 14.0. The minimum absolute atomic E-state index is 0.0192. The van der Waals surface area contributed by atoms with Crippen LogP contribution in [0, 0.1) is 6.92 Å². The van der Waals surface area contributed by atoms with Crippen molar-refractivity contribution in [1.82, 2.24) is 4.57 Å². The molecule has 1 aromatic heterocycles. The molecule has 0 saturated heterocycles. The molecule has 0 aliphatic heterocycles. The molecule has 4 heteroatoms. The van der Waals surface area contributed by atoms with E-state index in [1.165, 1.54) is 5.56 Å². The Hall–Kier alpha value is -2.75. The third-order valence-corrected chi connectivity index (χ3v) is 3.99. The molecule has 3 rings (SSSR count). The van der Waals surface area contributed by atoms with Gasteiger partial charge in [-0.15, -0.1) is 0 Å². The molecular formula is C20H21NO3. The first-order chi connectivity index (χ1) is 11.7. The van der Waals surface area contributed by atoms with Gasteiger partial charge < -0.3 is 14.0 Å². The van der Waals surface area contributed by atoms with Crippen molar-refractivity contribution in [3.63, 3.8) is 0 Å². The van der Waals surface area contributed by atoms with Crippen molar-refractivity contribution in [2.45, 2.75) is 19.9 Å². The van der Waals surface area contributed by atoms with Crippen LogP contribution in [-0.2, 0) is 6.54 Å². The Morgan fingerprint density at radius 2 is 1.92 bits per heavy atom. The van der Waals surface area contributed by atoms with Crippen LogP contribution in [-0.4, -0.2) is 18.3 Å². The summed E-state index contributed by atoms with van der Waals surface area (Å²) in [7, 11) is 1.62. The Balaban J connectivity index is 1.65. The average molecular weight is 323 g/mol. The molecule has 4 nitrogen and oxygen atoms in total. The first-order valence-electron chi connectivity index (χ1n) is 8.04. The van der Waals surface area contributed by atoms with Gasteiger partial charge in [0.1, 0.15) is 11.5 Å². The minimum Gasteiger partial charge on any atom is -0.497 e. The minimum atomic E-state index is 0.0192. The van der Waals surface area contributed by atoms with E-state index in [9.17, 15) is 4.79 Å². The lowest BCUT2D eigenvalue weighted by atomic mass is 10.1. The number of methoxy groups -OCH3 is 1. The first-order valence-corrected chi connectivity index (χ1v) is 8.04. The van der Waals surface area contributed by atoms with E-state index in [0.29, 0.717) is 18.5 Å². The van der Waals surface area contributed by atoms with Gasteiger partial charge in [-0.1, -0.05) is 12.1 Å². The number of benzene rings is 2. The summed E-state index contributed by atoms with van der Waals surface area (Å²) >= 11 is 0. The number of hydrogen-bond acceptors (Lipinski definition) is 3. The lowest BCUT2D eigenvalue weighted by molar-refractivity contribution is 0.301. The normalized spacial score (nSPS) is 10.8. The van der Waals surface area contributed by atoms with Gasteiger partial charge >= 0.3 is 0 Å². The number of nitrogens with zero attached hydrogens (tertiary/aromatic N) is 1. The Morgan fingerprint density at radius 1 is 1.04 bits per heavy atom. The van der Waals surface area contributed by atoms with Gasteiger partial charge in [0, 0.05) is 18.1 Å². The van der Waals surface area contributed by atoms with Crippen LogP contribution >= 0.6 is 0 Å². The molecule has 0 aliphatic rings. The molecule has 0 bridgehead atoms. The van der Waals surface area contributed by atoms with Gasteiger partial charge in [-0.25, -0.2) is 0 Å². The van der Waals surface area contributed by atoms with E-state index < -0.39 is 0 Å². The lowest BCUT2D eigenvalue weighted by Gasteiger charge is -2.10. The molecule has 0 atom stereocenters. The number of ether oxygens (including phenoxy) is 2. The van der Waals surface area contributed by atoms with Crippen LogP contribution in [0.15, 0.2) is 59.5 Å². The number of aryl methyl sites for hydroxylation is 2. The predicted octanol–water partition coefficient (Wildman–Crippen LogP) is 3.79. The maximum Gasteiger partial charge on any atom is 0.258 e. The van der Waals surface area contributed by atoms with Crippen LogP contribution in [0.2, 0.25) is 0 Å². The zero-order chi connectivity index (χ0) is 16.9. The number of rotatable bonds is 6. The highest BCUT2D eigenvalue weighted by Gasteiger charge is 2.04. The van der Waals surface area contributed by atoms with Gasteiger partial charge in [0.2, 0.25) is 0 Å². The molecule has 0 radical (unpaired) electrons. The van der Waals surface area contributed by atoms with Gasteiger partial charge in [-0.05, 0) is 60.7 Å². The number of pyridine rings is 1. The third kappa shape index (κ3) is 3.59. The summed E-state index contributed by atoms with van der Waals surface area (Å²) in [5.74, 6) is 1.62. The Kier molecular flexibility index (Phi) is 4.85. The van der Waals surface area contributed by atoms with Crippen molar-refractivity contribution < 1.29 is 9.47 Å². The summed E-state index contributed by atoms with van der Waals surface area (Å²) < 4.78 is 12.7. The summed E-state index contributed by atoms with van der Waals surface area (Å²) in [6, 6.07) is 15.4. The van der Waals surface area contributed by atoms with Crippen molar-refractivity contribution in [3.8, 4) is 11.5 Å². The summed E-state index contributed by atoms with van der Waals surface area (Å²) in [5, 5.41) is 1.60. The number of aromatic nitrogens is 1. The second-order valence-electron chi connectivity index (χ2n) is 5.79. The molecule has 0 N–H and O–H groups in total. The zero-order valence-electron chi connectivity index (χ0n) is 14.0.